The van der Waals surface area contributed by atoms with Crippen LogP contribution >= 0.6 is 11.3 Å². The molecule has 2 N–H and O–H groups in total. The summed E-state index contributed by atoms with van der Waals surface area (Å²) in [6.07, 6.45) is 1.99. The van der Waals surface area contributed by atoms with Crippen LogP contribution in [-0.4, -0.2) is 21.1 Å². The van der Waals surface area contributed by atoms with Crippen molar-refractivity contribution in [2.24, 2.45) is 0 Å². The minimum absolute atomic E-state index is 0.0808. The van der Waals surface area contributed by atoms with E-state index >= 15 is 0 Å². The second-order valence-electron chi connectivity index (χ2n) is 5.41. The van der Waals surface area contributed by atoms with Crippen LogP contribution in [0.5, 0.6) is 0 Å². The predicted molar refractivity (Wildman–Crippen MR) is 96.0 cm³/mol. The van der Waals surface area contributed by atoms with E-state index in [1.807, 2.05) is 53.9 Å². The highest BCUT2D eigenvalue weighted by atomic mass is 32.1. The molecule has 0 fully saturated rings. The molecule has 4 rings (SSSR count). The van der Waals surface area contributed by atoms with Crippen LogP contribution in [0.1, 0.15) is 5.69 Å². The van der Waals surface area contributed by atoms with E-state index in [-0.39, 0.29) is 12.3 Å². The molecule has 0 aliphatic rings. The number of thiazole rings is 1. The summed E-state index contributed by atoms with van der Waals surface area (Å²) in [6, 6.07) is 15.6. The van der Waals surface area contributed by atoms with Crippen molar-refractivity contribution in [3.05, 3.63) is 65.8 Å². The van der Waals surface area contributed by atoms with Crippen LogP contribution in [-0.2, 0) is 11.2 Å². The van der Waals surface area contributed by atoms with Crippen molar-refractivity contribution in [3.8, 4) is 10.6 Å². The van der Waals surface area contributed by atoms with E-state index in [4.69, 9.17) is 0 Å². The maximum atomic E-state index is 12.2. The van der Waals surface area contributed by atoms with Gasteiger partial charge in [-0.05, 0) is 18.2 Å². The SMILES string of the molecule is O=C(Cc1csc(-c2ccccc2)n1)Nc1ccc2[nH]ncc2c1. The van der Waals surface area contributed by atoms with E-state index < -0.39 is 0 Å². The number of H-pyrrole nitrogens is 1. The first-order valence-corrected chi connectivity index (χ1v) is 8.39. The van der Waals surface area contributed by atoms with Gasteiger partial charge in [0.2, 0.25) is 5.91 Å². The number of hydrogen-bond donors (Lipinski definition) is 2. The fraction of sp³-hybridized carbons (Fsp3) is 0.0556. The van der Waals surface area contributed by atoms with Crippen LogP contribution in [0.3, 0.4) is 0 Å². The summed E-state index contributed by atoms with van der Waals surface area (Å²) < 4.78 is 0. The van der Waals surface area contributed by atoms with Crippen molar-refractivity contribution in [2.45, 2.75) is 6.42 Å². The number of amides is 1. The van der Waals surface area contributed by atoms with Gasteiger partial charge in [0.05, 0.1) is 23.8 Å². The second kappa shape index (κ2) is 6.25. The van der Waals surface area contributed by atoms with E-state index in [0.29, 0.717) is 0 Å². The quantitative estimate of drug-likeness (QED) is 0.595. The number of aromatic amines is 1. The summed E-state index contributed by atoms with van der Waals surface area (Å²) in [5.41, 5.74) is 3.55. The highest BCUT2D eigenvalue weighted by Crippen LogP contribution is 2.23. The molecule has 0 bridgehead atoms. The van der Waals surface area contributed by atoms with Crippen LogP contribution in [0.2, 0.25) is 0 Å². The van der Waals surface area contributed by atoms with E-state index in [9.17, 15) is 4.79 Å². The molecule has 2 heterocycles. The van der Waals surface area contributed by atoms with Gasteiger partial charge in [-0.15, -0.1) is 11.3 Å². The first-order chi connectivity index (χ1) is 11.8. The second-order valence-corrected chi connectivity index (χ2v) is 6.27. The van der Waals surface area contributed by atoms with Gasteiger partial charge in [-0.2, -0.15) is 5.10 Å². The Kier molecular flexibility index (Phi) is 3.80. The molecule has 0 spiro atoms. The highest BCUT2D eigenvalue weighted by molar-refractivity contribution is 7.13. The summed E-state index contributed by atoms with van der Waals surface area (Å²) in [7, 11) is 0. The van der Waals surface area contributed by atoms with Crippen molar-refractivity contribution >= 4 is 33.8 Å². The van der Waals surface area contributed by atoms with Crippen molar-refractivity contribution in [3.63, 3.8) is 0 Å². The molecule has 0 aliphatic carbocycles. The Labute approximate surface area is 142 Å². The number of carbonyl (C=O) groups is 1. The van der Waals surface area contributed by atoms with Crippen LogP contribution in [0.4, 0.5) is 5.69 Å². The zero-order chi connectivity index (χ0) is 16.4. The van der Waals surface area contributed by atoms with Crippen molar-refractivity contribution in [1.82, 2.24) is 15.2 Å². The van der Waals surface area contributed by atoms with Gasteiger partial charge in [-0.1, -0.05) is 30.3 Å². The third-order valence-electron chi connectivity index (χ3n) is 3.64. The van der Waals surface area contributed by atoms with Gasteiger partial charge in [-0.3, -0.25) is 9.89 Å². The zero-order valence-corrected chi connectivity index (χ0v) is 13.5. The van der Waals surface area contributed by atoms with Crippen molar-refractivity contribution < 1.29 is 4.79 Å². The average Bonchev–Trinajstić information content (AvgIpc) is 3.24. The standard InChI is InChI=1S/C18H14N4OS/c23-17(20-14-6-7-16-13(8-14)10-19-22-16)9-15-11-24-18(21-15)12-4-2-1-3-5-12/h1-8,10-11H,9H2,(H,19,22)(H,20,23). The maximum absolute atomic E-state index is 12.2. The maximum Gasteiger partial charge on any atom is 0.230 e. The molecule has 118 valence electrons. The summed E-state index contributed by atoms with van der Waals surface area (Å²) in [6.45, 7) is 0. The molecule has 4 aromatic rings. The molecule has 0 saturated heterocycles. The topological polar surface area (TPSA) is 70.7 Å². The number of fused-ring (bicyclic) bond motifs is 1. The number of nitrogens with zero attached hydrogens (tertiary/aromatic N) is 2. The molecule has 2 aromatic carbocycles. The molecule has 5 nitrogen and oxygen atoms in total. The molecule has 0 unspecified atom stereocenters. The Morgan fingerprint density at radius 1 is 1.17 bits per heavy atom. The van der Waals surface area contributed by atoms with Gasteiger partial charge < -0.3 is 5.32 Å². The molecular formula is C18H14N4OS. The normalized spacial score (nSPS) is 10.8. The van der Waals surface area contributed by atoms with E-state index in [0.717, 1.165) is 32.9 Å². The average molecular weight is 334 g/mol. The smallest absolute Gasteiger partial charge is 0.230 e. The molecule has 1 amide bonds. The van der Waals surface area contributed by atoms with Gasteiger partial charge in [0.25, 0.3) is 0 Å². The molecule has 24 heavy (non-hydrogen) atoms. The number of hydrogen-bond acceptors (Lipinski definition) is 4. The number of nitrogens with one attached hydrogen (secondary N) is 2. The first-order valence-electron chi connectivity index (χ1n) is 7.51. The minimum atomic E-state index is -0.0808. The van der Waals surface area contributed by atoms with E-state index in [1.165, 1.54) is 0 Å². The summed E-state index contributed by atoms with van der Waals surface area (Å²) >= 11 is 1.55. The lowest BCUT2D eigenvalue weighted by Gasteiger charge is -2.04. The fourth-order valence-electron chi connectivity index (χ4n) is 2.49. The molecular weight excluding hydrogens is 320 g/mol. The minimum Gasteiger partial charge on any atom is -0.326 e. The third-order valence-corrected chi connectivity index (χ3v) is 4.58. The number of carbonyl (C=O) groups excluding carboxylic acids is 1. The number of aromatic nitrogens is 3. The van der Waals surface area contributed by atoms with Crippen LogP contribution in [0, 0.1) is 0 Å². The Morgan fingerprint density at radius 3 is 2.92 bits per heavy atom. The van der Waals surface area contributed by atoms with Gasteiger partial charge in [0.15, 0.2) is 0 Å². The number of anilines is 1. The first kappa shape index (κ1) is 14.6. The van der Waals surface area contributed by atoms with Gasteiger partial charge in [-0.25, -0.2) is 4.98 Å². The Morgan fingerprint density at radius 2 is 2.04 bits per heavy atom. The Bertz CT molecular complexity index is 990. The highest BCUT2D eigenvalue weighted by Gasteiger charge is 2.09. The van der Waals surface area contributed by atoms with Gasteiger partial charge in [0.1, 0.15) is 5.01 Å². The summed E-state index contributed by atoms with van der Waals surface area (Å²) in [5.74, 6) is -0.0808. The Hall–Kier alpha value is -2.99. The van der Waals surface area contributed by atoms with E-state index in [1.54, 1.807) is 17.5 Å². The fourth-order valence-corrected chi connectivity index (χ4v) is 3.32. The number of rotatable bonds is 4. The molecule has 0 aliphatic heterocycles. The summed E-state index contributed by atoms with van der Waals surface area (Å²) in [5, 5.41) is 13.6. The molecule has 2 aromatic heterocycles. The monoisotopic (exact) mass is 334 g/mol. The van der Waals surface area contributed by atoms with Crippen molar-refractivity contribution in [1.29, 1.82) is 0 Å². The van der Waals surface area contributed by atoms with E-state index in [2.05, 4.69) is 20.5 Å². The largest absolute Gasteiger partial charge is 0.326 e. The van der Waals surface area contributed by atoms with Gasteiger partial charge in [0, 0.05) is 22.0 Å². The number of benzene rings is 2. The molecule has 6 heteroatoms. The van der Waals surface area contributed by atoms with Crippen molar-refractivity contribution in [2.75, 3.05) is 5.32 Å². The van der Waals surface area contributed by atoms with Gasteiger partial charge >= 0.3 is 0 Å². The lowest BCUT2D eigenvalue weighted by molar-refractivity contribution is -0.115. The lowest BCUT2D eigenvalue weighted by Crippen LogP contribution is -2.14. The summed E-state index contributed by atoms with van der Waals surface area (Å²) in [4.78, 5) is 16.8. The molecule has 0 atom stereocenters. The molecule has 0 saturated carbocycles. The Balaban J connectivity index is 1.45. The third kappa shape index (κ3) is 3.04. The van der Waals surface area contributed by atoms with Crippen LogP contribution in [0.15, 0.2) is 60.1 Å². The molecule has 0 radical (unpaired) electrons. The zero-order valence-electron chi connectivity index (χ0n) is 12.7. The predicted octanol–water partition coefficient (Wildman–Crippen LogP) is 3.87. The lowest BCUT2D eigenvalue weighted by atomic mass is 10.2. The van der Waals surface area contributed by atoms with Crippen LogP contribution in [0.25, 0.3) is 21.5 Å². The van der Waals surface area contributed by atoms with Crippen LogP contribution < -0.4 is 5.32 Å².